The Hall–Kier alpha value is -0.490. The quantitative estimate of drug-likeness (QED) is 0.562. The minimum atomic E-state index is -1.09. The molecule has 76 valence electrons. The first-order valence-corrected chi connectivity index (χ1v) is 4.10. The zero-order valence-electron chi connectivity index (χ0n) is 7.64. The Morgan fingerprint density at radius 2 is 2.15 bits per heavy atom. The average molecular weight is 190 g/mol. The summed E-state index contributed by atoms with van der Waals surface area (Å²) in [5, 5.41) is 18.0. The van der Waals surface area contributed by atoms with E-state index in [9.17, 15) is 9.90 Å². The molecule has 5 heteroatoms. The van der Waals surface area contributed by atoms with Crippen molar-refractivity contribution in [2.45, 2.75) is 37.9 Å². The number of hydrogen-bond acceptors (Lipinski definition) is 5. The number of aldehydes is 1. The van der Waals surface area contributed by atoms with Crippen LogP contribution < -0.4 is 0 Å². The lowest BCUT2D eigenvalue weighted by Gasteiger charge is -2.19. The van der Waals surface area contributed by atoms with E-state index in [1.807, 2.05) is 0 Å². The van der Waals surface area contributed by atoms with E-state index in [0.717, 1.165) is 0 Å². The molecule has 0 unspecified atom stereocenters. The summed E-state index contributed by atoms with van der Waals surface area (Å²) >= 11 is 0. The maximum atomic E-state index is 10.5. The normalized spacial score (nSPS) is 34.5. The molecule has 1 fully saturated rings. The third-order valence-electron chi connectivity index (χ3n) is 1.86. The van der Waals surface area contributed by atoms with Gasteiger partial charge in [-0.2, -0.15) is 0 Å². The standard InChI is InChI=1S/C8H14O5/c1-8(2)12-6(4-10)7(13-8)5(11)3-9/h4-7,9,11H,3H2,1-2H3/t5-,6+,7-/m1/s1. The summed E-state index contributed by atoms with van der Waals surface area (Å²) in [5.41, 5.74) is 0. The van der Waals surface area contributed by atoms with Crippen LogP contribution in [0.15, 0.2) is 0 Å². The summed E-state index contributed by atoms with van der Waals surface area (Å²) < 4.78 is 10.4. The van der Waals surface area contributed by atoms with Crippen molar-refractivity contribution in [2.75, 3.05) is 6.61 Å². The van der Waals surface area contributed by atoms with E-state index in [0.29, 0.717) is 6.29 Å². The second kappa shape index (κ2) is 3.71. The molecule has 1 aliphatic rings. The van der Waals surface area contributed by atoms with Gasteiger partial charge >= 0.3 is 0 Å². The number of aliphatic hydroxyl groups is 2. The van der Waals surface area contributed by atoms with Gasteiger partial charge in [-0.25, -0.2) is 0 Å². The van der Waals surface area contributed by atoms with Crippen molar-refractivity contribution in [2.24, 2.45) is 0 Å². The van der Waals surface area contributed by atoms with Gasteiger partial charge in [-0.1, -0.05) is 0 Å². The summed E-state index contributed by atoms with van der Waals surface area (Å²) in [5.74, 6) is -0.883. The molecule has 1 saturated heterocycles. The van der Waals surface area contributed by atoms with Crippen LogP contribution in [0, 0.1) is 0 Å². The SMILES string of the molecule is CC1(C)O[C@H]([C@H](O)CO)[C@H](C=O)O1. The first-order chi connectivity index (χ1) is 6.00. The van der Waals surface area contributed by atoms with Crippen molar-refractivity contribution < 1.29 is 24.5 Å². The molecule has 0 bridgehead atoms. The van der Waals surface area contributed by atoms with Gasteiger partial charge in [-0.15, -0.1) is 0 Å². The Labute approximate surface area is 76.3 Å². The van der Waals surface area contributed by atoms with Gasteiger partial charge in [0.25, 0.3) is 0 Å². The van der Waals surface area contributed by atoms with Gasteiger partial charge in [0.2, 0.25) is 0 Å². The van der Waals surface area contributed by atoms with Crippen LogP contribution in [-0.4, -0.2) is 47.2 Å². The lowest BCUT2D eigenvalue weighted by molar-refractivity contribution is -0.158. The van der Waals surface area contributed by atoms with Gasteiger partial charge in [-0.05, 0) is 13.8 Å². The summed E-state index contributed by atoms with van der Waals surface area (Å²) in [4.78, 5) is 10.5. The minimum Gasteiger partial charge on any atom is -0.394 e. The number of carbonyl (C=O) groups excluding carboxylic acids is 1. The highest BCUT2D eigenvalue weighted by atomic mass is 16.8. The van der Waals surface area contributed by atoms with E-state index in [2.05, 4.69) is 0 Å². The zero-order valence-corrected chi connectivity index (χ0v) is 7.64. The first kappa shape index (κ1) is 10.6. The predicted molar refractivity (Wildman–Crippen MR) is 43.0 cm³/mol. The van der Waals surface area contributed by atoms with E-state index >= 15 is 0 Å². The third-order valence-corrected chi connectivity index (χ3v) is 1.86. The number of aliphatic hydroxyl groups excluding tert-OH is 2. The van der Waals surface area contributed by atoms with E-state index in [4.69, 9.17) is 14.6 Å². The van der Waals surface area contributed by atoms with Crippen LogP contribution in [0.25, 0.3) is 0 Å². The van der Waals surface area contributed by atoms with Crippen LogP contribution >= 0.6 is 0 Å². The molecule has 3 atom stereocenters. The summed E-state index contributed by atoms with van der Waals surface area (Å²) in [6.45, 7) is 2.84. The Balaban J connectivity index is 2.68. The Bertz CT molecular complexity index is 191. The molecular formula is C8H14O5. The molecule has 1 heterocycles. The van der Waals surface area contributed by atoms with Crippen molar-refractivity contribution in [3.05, 3.63) is 0 Å². The lowest BCUT2D eigenvalue weighted by Crippen LogP contribution is -2.38. The van der Waals surface area contributed by atoms with Crippen LogP contribution in [0.3, 0.4) is 0 Å². The molecule has 0 aromatic heterocycles. The van der Waals surface area contributed by atoms with Crippen molar-refractivity contribution in [3.63, 3.8) is 0 Å². The molecule has 0 aromatic rings. The highest BCUT2D eigenvalue weighted by Crippen LogP contribution is 2.28. The molecule has 0 spiro atoms. The largest absolute Gasteiger partial charge is 0.394 e. The number of carbonyl (C=O) groups is 1. The Kier molecular flexibility index (Phi) is 3.02. The summed E-state index contributed by atoms with van der Waals surface area (Å²) in [7, 11) is 0. The molecule has 5 nitrogen and oxygen atoms in total. The molecule has 0 amide bonds. The van der Waals surface area contributed by atoms with E-state index < -0.39 is 30.7 Å². The molecule has 1 rings (SSSR count). The number of rotatable bonds is 3. The molecule has 0 aromatic carbocycles. The maximum absolute atomic E-state index is 10.5. The van der Waals surface area contributed by atoms with Gasteiger partial charge < -0.3 is 24.5 Å². The van der Waals surface area contributed by atoms with Crippen LogP contribution in [-0.2, 0) is 14.3 Å². The van der Waals surface area contributed by atoms with Gasteiger partial charge in [0.05, 0.1) is 6.61 Å². The van der Waals surface area contributed by atoms with Crippen molar-refractivity contribution in [1.29, 1.82) is 0 Å². The maximum Gasteiger partial charge on any atom is 0.164 e. The van der Waals surface area contributed by atoms with Gasteiger partial charge in [0.15, 0.2) is 12.1 Å². The Morgan fingerprint density at radius 3 is 2.62 bits per heavy atom. The smallest absolute Gasteiger partial charge is 0.164 e. The summed E-state index contributed by atoms with van der Waals surface area (Å²) in [6, 6.07) is 0. The molecule has 0 aliphatic carbocycles. The monoisotopic (exact) mass is 190 g/mol. The van der Waals surface area contributed by atoms with E-state index in [1.165, 1.54) is 0 Å². The van der Waals surface area contributed by atoms with Crippen LogP contribution in [0.1, 0.15) is 13.8 Å². The van der Waals surface area contributed by atoms with Crippen LogP contribution in [0.4, 0.5) is 0 Å². The Morgan fingerprint density at radius 1 is 1.54 bits per heavy atom. The zero-order chi connectivity index (χ0) is 10.1. The highest BCUT2D eigenvalue weighted by molar-refractivity contribution is 5.58. The number of ether oxygens (including phenoxy) is 2. The molecule has 0 saturated carbocycles. The fourth-order valence-electron chi connectivity index (χ4n) is 1.32. The second-order valence-corrected chi connectivity index (χ2v) is 3.45. The van der Waals surface area contributed by atoms with Crippen molar-refractivity contribution >= 4 is 6.29 Å². The molecule has 2 N–H and O–H groups in total. The summed E-state index contributed by atoms with van der Waals surface area (Å²) in [6.07, 6.45) is -2.11. The van der Waals surface area contributed by atoms with Gasteiger partial charge in [0, 0.05) is 0 Å². The lowest BCUT2D eigenvalue weighted by atomic mass is 10.1. The molecule has 1 aliphatic heterocycles. The third kappa shape index (κ3) is 2.25. The highest BCUT2D eigenvalue weighted by Gasteiger charge is 2.44. The first-order valence-electron chi connectivity index (χ1n) is 4.10. The predicted octanol–water partition coefficient (Wildman–Crippen LogP) is -0.941. The van der Waals surface area contributed by atoms with Crippen molar-refractivity contribution in [1.82, 2.24) is 0 Å². The average Bonchev–Trinajstić information content (AvgIpc) is 2.39. The van der Waals surface area contributed by atoms with E-state index in [1.54, 1.807) is 13.8 Å². The van der Waals surface area contributed by atoms with E-state index in [-0.39, 0.29) is 0 Å². The van der Waals surface area contributed by atoms with Crippen molar-refractivity contribution in [3.8, 4) is 0 Å². The number of hydrogen-bond donors (Lipinski definition) is 2. The fourth-order valence-corrected chi connectivity index (χ4v) is 1.32. The molecule has 0 radical (unpaired) electrons. The van der Waals surface area contributed by atoms with Gasteiger partial charge in [-0.3, -0.25) is 0 Å². The minimum absolute atomic E-state index is 0.450. The molecular weight excluding hydrogens is 176 g/mol. The van der Waals surface area contributed by atoms with Crippen LogP contribution in [0.2, 0.25) is 0 Å². The molecule has 13 heavy (non-hydrogen) atoms. The topological polar surface area (TPSA) is 76.0 Å². The second-order valence-electron chi connectivity index (χ2n) is 3.45. The van der Waals surface area contributed by atoms with Crippen LogP contribution in [0.5, 0.6) is 0 Å². The fraction of sp³-hybridized carbons (Fsp3) is 0.875. The van der Waals surface area contributed by atoms with Gasteiger partial charge in [0.1, 0.15) is 18.3 Å².